The first-order valence-corrected chi connectivity index (χ1v) is 4.98. The predicted octanol–water partition coefficient (Wildman–Crippen LogP) is 2.56. The Morgan fingerprint density at radius 1 is 1.40 bits per heavy atom. The molecule has 0 amide bonds. The molecule has 0 bridgehead atoms. The first-order valence-electron chi connectivity index (χ1n) is 3.53. The van der Waals surface area contributed by atoms with Gasteiger partial charge in [-0.05, 0) is 18.2 Å². The summed E-state index contributed by atoms with van der Waals surface area (Å²) in [6.45, 7) is 0. The van der Waals surface area contributed by atoms with Gasteiger partial charge in [0.05, 0.1) is 10.6 Å². The van der Waals surface area contributed by atoms with Crippen molar-refractivity contribution in [2.75, 3.05) is 4.72 Å². The average Bonchev–Trinajstić information content (AvgIpc) is 2.05. The van der Waals surface area contributed by atoms with Crippen molar-refractivity contribution in [1.29, 1.82) is 0 Å². The highest BCUT2D eigenvalue weighted by Crippen LogP contribution is 2.36. The molecule has 0 aliphatic heterocycles. The van der Waals surface area contributed by atoms with E-state index in [9.17, 15) is 21.9 Å². The Morgan fingerprint density at radius 3 is 2.47 bits per heavy atom. The fraction of sp³-hybridized carbons (Fsp3) is 0.143. The molecule has 0 fully saturated rings. The molecule has 0 spiro atoms. The summed E-state index contributed by atoms with van der Waals surface area (Å²) in [4.78, 5) is 0. The molecule has 0 radical (unpaired) electrons. The first kappa shape index (κ1) is 12.3. The zero-order chi connectivity index (χ0) is 11.6. The first-order chi connectivity index (χ1) is 6.80. The SMILES string of the molecule is O=S([O-])Nc1ccc(Cl)c(C(F)(F)F)c1. The lowest BCUT2D eigenvalue weighted by Gasteiger charge is -2.13. The summed E-state index contributed by atoms with van der Waals surface area (Å²) in [5.74, 6) is 0. The summed E-state index contributed by atoms with van der Waals surface area (Å²) < 4.78 is 59.1. The highest BCUT2D eigenvalue weighted by atomic mass is 35.5. The van der Waals surface area contributed by atoms with Gasteiger partial charge in [-0.1, -0.05) is 11.6 Å². The standard InChI is InChI=1S/C7H5ClF3NO2S/c8-6-2-1-4(12-15(13)14)3-5(6)7(9,10)11/h1-3,12H,(H,13,14)/p-1. The van der Waals surface area contributed by atoms with Gasteiger partial charge < -0.3 is 9.27 Å². The van der Waals surface area contributed by atoms with Crippen molar-refractivity contribution in [3.63, 3.8) is 0 Å². The molecule has 1 aromatic carbocycles. The fourth-order valence-corrected chi connectivity index (χ4v) is 1.45. The molecule has 0 aliphatic carbocycles. The van der Waals surface area contributed by atoms with Crippen LogP contribution in [0.15, 0.2) is 18.2 Å². The molecular formula is C7H4ClF3NO2S-. The summed E-state index contributed by atoms with van der Waals surface area (Å²) in [5, 5.41) is -0.482. The molecule has 1 aromatic rings. The maximum atomic E-state index is 12.3. The van der Waals surface area contributed by atoms with Gasteiger partial charge in [0.15, 0.2) is 0 Å². The molecule has 1 N–H and O–H groups in total. The van der Waals surface area contributed by atoms with Crippen LogP contribution in [0, 0.1) is 0 Å². The molecule has 1 unspecified atom stereocenters. The number of alkyl halides is 3. The topological polar surface area (TPSA) is 52.2 Å². The molecule has 0 saturated heterocycles. The number of nitrogens with one attached hydrogen (secondary N) is 1. The van der Waals surface area contributed by atoms with Crippen LogP contribution < -0.4 is 4.72 Å². The Bertz CT molecular complexity index is 396. The second-order valence-electron chi connectivity index (χ2n) is 2.53. The number of anilines is 1. The zero-order valence-corrected chi connectivity index (χ0v) is 8.54. The van der Waals surface area contributed by atoms with E-state index in [4.69, 9.17) is 11.6 Å². The lowest BCUT2D eigenvalue weighted by atomic mass is 10.2. The monoisotopic (exact) mass is 258 g/mol. The molecule has 8 heteroatoms. The number of halogens is 4. The van der Waals surface area contributed by atoms with Gasteiger partial charge >= 0.3 is 6.18 Å². The molecule has 1 atom stereocenters. The molecule has 0 aliphatic rings. The van der Waals surface area contributed by atoms with Crippen molar-refractivity contribution in [2.45, 2.75) is 6.18 Å². The van der Waals surface area contributed by atoms with Crippen molar-refractivity contribution in [3.8, 4) is 0 Å². The van der Waals surface area contributed by atoms with Crippen LogP contribution in [0.3, 0.4) is 0 Å². The molecule has 0 aromatic heterocycles. The Morgan fingerprint density at radius 2 is 2.00 bits per heavy atom. The number of rotatable bonds is 2. The van der Waals surface area contributed by atoms with E-state index < -0.39 is 28.0 Å². The van der Waals surface area contributed by atoms with Crippen LogP contribution >= 0.6 is 11.6 Å². The third-order valence-corrected chi connectivity index (χ3v) is 2.20. The van der Waals surface area contributed by atoms with Crippen molar-refractivity contribution in [3.05, 3.63) is 28.8 Å². The summed E-state index contributed by atoms with van der Waals surface area (Å²) in [7, 11) is 0. The summed E-state index contributed by atoms with van der Waals surface area (Å²) in [6.07, 6.45) is -4.61. The van der Waals surface area contributed by atoms with Crippen molar-refractivity contribution in [1.82, 2.24) is 0 Å². The van der Waals surface area contributed by atoms with E-state index in [-0.39, 0.29) is 5.69 Å². The quantitative estimate of drug-likeness (QED) is 0.829. The molecule has 15 heavy (non-hydrogen) atoms. The van der Waals surface area contributed by atoms with Crippen LogP contribution in [0.2, 0.25) is 5.02 Å². The van der Waals surface area contributed by atoms with Gasteiger partial charge in [0.1, 0.15) is 0 Å². The van der Waals surface area contributed by atoms with Gasteiger partial charge in [-0.3, -0.25) is 4.21 Å². The van der Waals surface area contributed by atoms with E-state index in [1.165, 1.54) is 0 Å². The number of hydrogen-bond donors (Lipinski definition) is 1. The zero-order valence-electron chi connectivity index (χ0n) is 6.97. The molecule has 0 saturated carbocycles. The Kier molecular flexibility index (Phi) is 3.58. The second kappa shape index (κ2) is 4.38. The van der Waals surface area contributed by atoms with Crippen molar-refractivity contribution in [2.24, 2.45) is 0 Å². The summed E-state index contributed by atoms with van der Waals surface area (Å²) >= 11 is 2.65. The van der Waals surface area contributed by atoms with Crippen LogP contribution in [-0.2, 0) is 17.4 Å². The lowest BCUT2D eigenvalue weighted by Crippen LogP contribution is -2.08. The van der Waals surface area contributed by atoms with Crippen LogP contribution in [0.5, 0.6) is 0 Å². The second-order valence-corrected chi connectivity index (χ2v) is 3.61. The van der Waals surface area contributed by atoms with Crippen LogP contribution in [0.25, 0.3) is 0 Å². The Labute approximate surface area is 90.7 Å². The minimum atomic E-state index is -4.61. The van der Waals surface area contributed by atoms with Gasteiger partial charge in [-0.2, -0.15) is 13.2 Å². The van der Waals surface area contributed by atoms with Gasteiger partial charge in [-0.25, -0.2) is 0 Å². The number of benzene rings is 1. The Hall–Kier alpha value is -0.790. The Balaban J connectivity index is 3.11. The smallest absolute Gasteiger partial charge is 0.417 e. The largest absolute Gasteiger partial charge is 0.755 e. The third-order valence-electron chi connectivity index (χ3n) is 1.47. The minimum Gasteiger partial charge on any atom is -0.755 e. The van der Waals surface area contributed by atoms with E-state index in [0.717, 1.165) is 12.1 Å². The van der Waals surface area contributed by atoms with Gasteiger partial charge in [0, 0.05) is 17.0 Å². The van der Waals surface area contributed by atoms with Crippen LogP contribution in [-0.4, -0.2) is 8.76 Å². The lowest BCUT2D eigenvalue weighted by molar-refractivity contribution is -0.137. The molecular weight excluding hydrogens is 255 g/mol. The molecule has 3 nitrogen and oxygen atoms in total. The molecule has 84 valence electrons. The van der Waals surface area contributed by atoms with Gasteiger partial charge in [0.2, 0.25) is 0 Å². The third kappa shape index (κ3) is 3.37. The minimum absolute atomic E-state index is 0.194. The predicted molar refractivity (Wildman–Crippen MR) is 49.0 cm³/mol. The van der Waals surface area contributed by atoms with Gasteiger partial charge in [0.25, 0.3) is 0 Å². The van der Waals surface area contributed by atoms with E-state index in [1.807, 2.05) is 0 Å². The van der Waals surface area contributed by atoms with Gasteiger partial charge in [-0.15, -0.1) is 0 Å². The summed E-state index contributed by atoms with van der Waals surface area (Å²) in [5.41, 5.74) is -1.28. The van der Waals surface area contributed by atoms with E-state index in [1.54, 1.807) is 4.72 Å². The highest BCUT2D eigenvalue weighted by Gasteiger charge is 2.33. The summed E-state index contributed by atoms with van der Waals surface area (Å²) in [6, 6.07) is 2.73. The van der Waals surface area contributed by atoms with Crippen molar-refractivity contribution < 1.29 is 21.9 Å². The molecule has 0 heterocycles. The normalized spacial score (nSPS) is 13.7. The van der Waals surface area contributed by atoms with E-state index >= 15 is 0 Å². The van der Waals surface area contributed by atoms with E-state index in [2.05, 4.69) is 0 Å². The van der Waals surface area contributed by atoms with E-state index in [0.29, 0.717) is 6.07 Å². The van der Waals surface area contributed by atoms with Crippen LogP contribution in [0.4, 0.5) is 18.9 Å². The maximum absolute atomic E-state index is 12.3. The average molecular weight is 259 g/mol. The maximum Gasteiger partial charge on any atom is 0.417 e. The van der Waals surface area contributed by atoms with Crippen molar-refractivity contribution >= 4 is 28.6 Å². The molecule has 1 rings (SSSR count). The number of hydrogen-bond acceptors (Lipinski definition) is 2. The highest BCUT2D eigenvalue weighted by molar-refractivity contribution is 7.80. The fourth-order valence-electron chi connectivity index (χ4n) is 0.902. The van der Waals surface area contributed by atoms with Crippen LogP contribution in [0.1, 0.15) is 5.56 Å².